The second-order valence-electron chi connectivity index (χ2n) is 5.22. The van der Waals surface area contributed by atoms with Crippen molar-refractivity contribution >= 4 is 17.7 Å². The first-order chi connectivity index (χ1) is 11.9. The Balaban J connectivity index is 2.28. The Hall–Kier alpha value is -3.09. The number of hydrogen-bond acceptors (Lipinski definition) is 5. The summed E-state index contributed by atoms with van der Waals surface area (Å²) in [5.41, 5.74) is 0.431. The van der Waals surface area contributed by atoms with E-state index in [0.717, 1.165) is 4.90 Å². The summed E-state index contributed by atoms with van der Waals surface area (Å²) in [5, 5.41) is 0. The van der Waals surface area contributed by atoms with E-state index >= 15 is 0 Å². The van der Waals surface area contributed by atoms with Gasteiger partial charge < -0.3 is 9.64 Å². The number of rotatable bonds is 6. The number of benzene rings is 1. The van der Waals surface area contributed by atoms with Gasteiger partial charge in [-0.3, -0.25) is 19.4 Å². The van der Waals surface area contributed by atoms with Gasteiger partial charge in [0, 0.05) is 30.6 Å². The van der Waals surface area contributed by atoms with Crippen molar-refractivity contribution in [2.45, 2.75) is 6.92 Å². The topological polar surface area (TPSA) is 76.6 Å². The highest BCUT2D eigenvalue weighted by Crippen LogP contribution is 2.16. The number of ether oxygens (including phenoxy) is 1. The molecule has 7 heteroatoms. The minimum Gasteiger partial charge on any atom is -0.465 e. The van der Waals surface area contributed by atoms with Crippen molar-refractivity contribution < 1.29 is 23.5 Å². The van der Waals surface area contributed by atoms with Crippen LogP contribution >= 0.6 is 0 Å². The fraction of sp³-hybridized carbons (Fsp3) is 0.222. The molecule has 1 aromatic carbocycles. The van der Waals surface area contributed by atoms with E-state index in [0.29, 0.717) is 0 Å². The molecule has 0 bridgehead atoms. The first-order valence-corrected chi connectivity index (χ1v) is 7.59. The Bertz CT molecular complexity index is 790. The van der Waals surface area contributed by atoms with E-state index in [2.05, 4.69) is 4.98 Å². The van der Waals surface area contributed by atoms with Crippen LogP contribution in [0.1, 0.15) is 33.2 Å². The molecule has 0 unspecified atom stereocenters. The first-order valence-electron chi connectivity index (χ1n) is 7.59. The average molecular weight is 344 g/mol. The molecule has 0 atom stereocenters. The fourth-order valence-electron chi connectivity index (χ4n) is 2.20. The van der Waals surface area contributed by atoms with Crippen LogP contribution in [-0.4, -0.2) is 47.7 Å². The van der Waals surface area contributed by atoms with Gasteiger partial charge in [0.2, 0.25) is 0 Å². The molecule has 0 aliphatic heterocycles. The highest BCUT2D eigenvalue weighted by molar-refractivity contribution is 6.15. The summed E-state index contributed by atoms with van der Waals surface area (Å²) in [7, 11) is 1.43. The number of pyridine rings is 1. The summed E-state index contributed by atoms with van der Waals surface area (Å²) in [6.45, 7) is 1.63. The summed E-state index contributed by atoms with van der Waals surface area (Å²) in [5.74, 6) is -1.98. The predicted octanol–water partition coefficient (Wildman–Crippen LogP) is 2.09. The zero-order chi connectivity index (χ0) is 18.4. The second kappa shape index (κ2) is 8.14. The van der Waals surface area contributed by atoms with Crippen LogP contribution in [0.2, 0.25) is 0 Å². The number of carbonyl (C=O) groups excluding carboxylic acids is 3. The average Bonchev–Trinajstić information content (AvgIpc) is 2.61. The van der Waals surface area contributed by atoms with Crippen LogP contribution in [0.5, 0.6) is 0 Å². The van der Waals surface area contributed by atoms with Crippen LogP contribution in [0, 0.1) is 5.82 Å². The molecule has 0 N–H and O–H groups in total. The zero-order valence-electron chi connectivity index (χ0n) is 13.9. The van der Waals surface area contributed by atoms with Crippen LogP contribution < -0.4 is 0 Å². The Morgan fingerprint density at radius 1 is 1.12 bits per heavy atom. The van der Waals surface area contributed by atoms with E-state index in [4.69, 9.17) is 4.74 Å². The number of carbonyl (C=O) groups is 3. The van der Waals surface area contributed by atoms with Gasteiger partial charge in [0.1, 0.15) is 12.4 Å². The molecule has 0 aliphatic carbocycles. The van der Waals surface area contributed by atoms with E-state index in [9.17, 15) is 18.8 Å². The number of ketones is 1. The van der Waals surface area contributed by atoms with Crippen molar-refractivity contribution in [2.75, 3.05) is 20.2 Å². The van der Waals surface area contributed by atoms with Crippen molar-refractivity contribution in [2.24, 2.45) is 0 Å². The van der Waals surface area contributed by atoms with E-state index in [1.165, 1.54) is 49.8 Å². The molecule has 0 aliphatic rings. The highest BCUT2D eigenvalue weighted by Gasteiger charge is 2.22. The molecular weight excluding hydrogens is 327 g/mol. The van der Waals surface area contributed by atoms with E-state index in [1.54, 1.807) is 6.92 Å². The summed E-state index contributed by atoms with van der Waals surface area (Å²) in [4.78, 5) is 41.7. The molecule has 0 spiro atoms. The van der Waals surface area contributed by atoms with Crippen molar-refractivity contribution in [1.29, 1.82) is 0 Å². The summed E-state index contributed by atoms with van der Waals surface area (Å²) in [6.07, 6.45) is 2.65. The van der Waals surface area contributed by atoms with Crippen LogP contribution in [0.3, 0.4) is 0 Å². The van der Waals surface area contributed by atoms with Gasteiger partial charge in [0.05, 0.1) is 12.2 Å². The second-order valence-corrected chi connectivity index (χ2v) is 5.22. The molecule has 0 fully saturated rings. The molecule has 0 radical (unpaired) electrons. The normalized spacial score (nSPS) is 10.2. The van der Waals surface area contributed by atoms with Crippen molar-refractivity contribution in [3.8, 4) is 0 Å². The Morgan fingerprint density at radius 3 is 2.44 bits per heavy atom. The number of hydrogen-bond donors (Lipinski definition) is 0. The minimum atomic E-state index is -0.548. The third-order valence-corrected chi connectivity index (χ3v) is 3.42. The van der Waals surface area contributed by atoms with Crippen LogP contribution in [-0.2, 0) is 9.53 Å². The lowest BCUT2D eigenvalue weighted by molar-refractivity contribution is -0.143. The Labute approximate surface area is 144 Å². The molecular formula is C18H17FN2O4. The molecule has 130 valence electrons. The zero-order valence-corrected chi connectivity index (χ0v) is 13.9. The van der Waals surface area contributed by atoms with Crippen LogP contribution in [0.25, 0.3) is 0 Å². The van der Waals surface area contributed by atoms with E-state index in [-0.39, 0.29) is 29.8 Å². The number of aromatic nitrogens is 1. The molecule has 2 aromatic rings. The van der Waals surface area contributed by atoms with Crippen molar-refractivity contribution in [3.63, 3.8) is 0 Å². The van der Waals surface area contributed by atoms with Crippen LogP contribution in [0.4, 0.5) is 4.39 Å². The quantitative estimate of drug-likeness (QED) is 0.592. The maximum absolute atomic E-state index is 13.0. The SMILES string of the molecule is CCOC(=O)CN(C)C(=O)c1cnccc1C(=O)c1ccc(F)cc1. The van der Waals surface area contributed by atoms with Gasteiger partial charge in [0.15, 0.2) is 5.78 Å². The van der Waals surface area contributed by atoms with Gasteiger partial charge in [-0.1, -0.05) is 0 Å². The molecule has 0 saturated carbocycles. The minimum absolute atomic E-state index is 0.0589. The Morgan fingerprint density at radius 2 is 1.80 bits per heavy atom. The largest absolute Gasteiger partial charge is 0.465 e. The maximum atomic E-state index is 13.0. The maximum Gasteiger partial charge on any atom is 0.325 e. The molecule has 6 nitrogen and oxygen atoms in total. The number of likely N-dealkylation sites (N-methyl/N-ethyl adjacent to an activating group) is 1. The monoisotopic (exact) mass is 344 g/mol. The fourth-order valence-corrected chi connectivity index (χ4v) is 2.20. The molecule has 25 heavy (non-hydrogen) atoms. The number of esters is 1. The molecule has 1 aromatic heterocycles. The third kappa shape index (κ3) is 4.47. The Kier molecular flexibility index (Phi) is 5.94. The lowest BCUT2D eigenvalue weighted by Crippen LogP contribution is -2.34. The summed E-state index contributed by atoms with van der Waals surface area (Å²) >= 11 is 0. The van der Waals surface area contributed by atoms with Gasteiger partial charge in [-0.25, -0.2) is 4.39 Å². The van der Waals surface area contributed by atoms with E-state index < -0.39 is 23.5 Å². The molecule has 1 amide bonds. The van der Waals surface area contributed by atoms with Crippen molar-refractivity contribution in [3.05, 3.63) is 65.2 Å². The lowest BCUT2D eigenvalue weighted by Gasteiger charge is -2.17. The smallest absolute Gasteiger partial charge is 0.325 e. The van der Waals surface area contributed by atoms with Gasteiger partial charge >= 0.3 is 5.97 Å². The summed E-state index contributed by atoms with van der Waals surface area (Å²) < 4.78 is 17.8. The van der Waals surface area contributed by atoms with Gasteiger partial charge in [-0.2, -0.15) is 0 Å². The lowest BCUT2D eigenvalue weighted by atomic mass is 9.99. The molecule has 1 heterocycles. The van der Waals surface area contributed by atoms with Gasteiger partial charge in [-0.05, 0) is 37.3 Å². The van der Waals surface area contributed by atoms with Crippen LogP contribution in [0.15, 0.2) is 42.7 Å². The highest BCUT2D eigenvalue weighted by atomic mass is 19.1. The van der Waals surface area contributed by atoms with Crippen molar-refractivity contribution in [1.82, 2.24) is 9.88 Å². The van der Waals surface area contributed by atoms with E-state index in [1.807, 2.05) is 0 Å². The van der Waals surface area contributed by atoms with Gasteiger partial charge in [0.25, 0.3) is 5.91 Å². The third-order valence-electron chi connectivity index (χ3n) is 3.42. The predicted molar refractivity (Wildman–Crippen MR) is 87.7 cm³/mol. The summed E-state index contributed by atoms with van der Waals surface area (Å²) in [6, 6.07) is 6.44. The molecule has 2 rings (SSSR count). The van der Waals surface area contributed by atoms with Gasteiger partial charge in [-0.15, -0.1) is 0 Å². The molecule has 0 saturated heterocycles. The number of halogens is 1. The number of amides is 1. The first kappa shape index (κ1) is 18.3. The standard InChI is InChI=1S/C18H17FN2O4/c1-3-25-16(22)11-21(2)18(24)15-10-20-9-8-14(15)17(23)12-4-6-13(19)7-5-12/h4-10H,3,11H2,1-2H3. The number of nitrogens with zero attached hydrogens (tertiary/aromatic N) is 2.